The minimum absolute atomic E-state index is 0.202. The lowest BCUT2D eigenvalue weighted by atomic mass is 9.89. The Kier molecular flexibility index (Phi) is 4.81. The number of imide groups is 1. The second-order valence-corrected chi connectivity index (χ2v) is 6.13. The summed E-state index contributed by atoms with van der Waals surface area (Å²) in [6.07, 6.45) is 3.10. The Morgan fingerprint density at radius 2 is 1.96 bits per heavy atom. The van der Waals surface area contributed by atoms with Crippen LogP contribution in [0.3, 0.4) is 0 Å². The molecule has 1 aromatic carbocycles. The summed E-state index contributed by atoms with van der Waals surface area (Å²) in [6.45, 7) is 2.06. The average molecular weight is 317 g/mol. The number of rotatable bonds is 4. The Labute approximate surface area is 136 Å². The van der Waals surface area contributed by atoms with Crippen LogP contribution in [0, 0.1) is 0 Å². The van der Waals surface area contributed by atoms with E-state index in [1.165, 1.54) is 5.56 Å². The minimum Gasteiger partial charge on any atom is -0.496 e. The standard InChI is InChI=1S/C17H23N3O3/c1-23-15-10-12(19-14-4-5-16(21)20-17(14)22)2-3-13(15)11-6-8-18-9-7-11/h2-3,10-11,14,18-19H,4-9H2,1H3,(H,20,21,22). The summed E-state index contributed by atoms with van der Waals surface area (Å²) in [4.78, 5) is 23.1. The van der Waals surface area contributed by atoms with Gasteiger partial charge < -0.3 is 15.4 Å². The molecule has 0 aliphatic carbocycles. The summed E-state index contributed by atoms with van der Waals surface area (Å²) in [7, 11) is 1.68. The highest BCUT2D eigenvalue weighted by molar-refractivity contribution is 6.01. The van der Waals surface area contributed by atoms with Gasteiger partial charge in [0.05, 0.1) is 7.11 Å². The van der Waals surface area contributed by atoms with Crippen molar-refractivity contribution in [1.82, 2.24) is 10.6 Å². The van der Waals surface area contributed by atoms with Crippen molar-refractivity contribution in [1.29, 1.82) is 0 Å². The number of carbonyl (C=O) groups excluding carboxylic acids is 2. The first-order chi connectivity index (χ1) is 11.2. The van der Waals surface area contributed by atoms with Gasteiger partial charge in [-0.15, -0.1) is 0 Å². The first-order valence-corrected chi connectivity index (χ1v) is 8.16. The molecule has 2 heterocycles. The highest BCUT2D eigenvalue weighted by Gasteiger charge is 2.26. The first kappa shape index (κ1) is 15.8. The minimum atomic E-state index is -0.373. The quantitative estimate of drug-likeness (QED) is 0.731. The van der Waals surface area contributed by atoms with Crippen molar-refractivity contribution < 1.29 is 14.3 Å². The van der Waals surface area contributed by atoms with E-state index in [4.69, 9.17) is 4.74 Å². The molecule has 2 saturated heterocycles. The average Bonchev–Trinajstić information content (AvgIpc) is 2.58. The number of anilines is 1. The maximum absolute atomic E-state index is 11.8. The van der Waals surface area contributed by atoms with Crippen LogP contribution in [0.15, 0.2) is 18.2 Å². The number of carbonyl (C=O) groups is 2. The lowest BCUT2D eigenvalue weighted by molar-refractivity contribution is -0.133. The normalized spacial score (nSPS) is 22.6. The number of nitrogens with one attached hydrogen (secondary N) is 3. The van der Waals surface area contributed by atoms with Gasteiger partial charge in [0, 0.05) is 18.2 Å². The molecule has 3 N–H and O–H groups in total. The van der Waals surface area contributed by atoms with Gasteiger partial charge in [0.25, 0.3) is 0 Å². The van der Waals surface area contributed by atoms with E-state index in [1.54, 1.807) is 7.11 Å². The predicted octanol–water partition coefficient (Wildman–Crippen LogP) is 1.38. The topological polar surface area (TPSA) is 79.5 Å². The molecule has 2 fully saturated rings. The van der Waals surface area contributed by atoms with Crippen molar-refractivity contribution >= 4 is 17.5 Å². The van der Waals surface area contributed by atoms with Crippen LogP contribution in [0.2, 0.25) is 0 Å². The third kappa shape index (κ3) is 3.64. The zero-order valence-electron chi connectivity index (χ0n) is 13.4. The van der Waals surface area contributed by atoms with E-state index >= 15 is 0 Å². The van der Waals surface area contributed by atoms with Gasteiger partial charge in [-0.25, -0.2) is 0 Å². The highest BCUT2D eigenvalue weighted by Crippen LogP contribution is 2.34. The zero-order valence-corrected chi connectivity index (χ0v) is 13.4. The van der Waals surface area contributed by atoms with E-state index in [1.807, 2.05) is 12.1 Å². The lowest BCUT2D eigenvalue weighted by Crippen LogP contribution is -2.47. The Morgan fingerprint density at radius 1 is 1.17 bits per heavy atom. The van der Waals surface area contributed by atoms with Crippen LogP contribution >= 0.6 is 0 Å². The van der Waals surface area contributed by atoms with Gasteiger partial charge in [0.15, 0.2) is 0 Å². The number of piperidine rings is 2. The van der Waals surface area contributed by atoms with Crippen molar-refractivity contribution in [3.63, 3.8) is 0 Å². The summed E-state index contributed by atoms with van der Waals surface area (Å²) < 4.78 is 5.56. The molecule has 0 bridgehead atoms. The van der Waals surface area contributed by atoms with E-state index in [-0.39, 0.29) is 17.9 Å². The molecule has 2 aliphatic heterocycles. The third-order valence-corrected chi connectivity index (χ3v) is 4.59. The van der Waals surface area contributed by atoms with Gasteiger partial charge in [-0.1, -0.05) is 6.07 Å². The molecule has 124 valence electrons. The second-order valence-electron chi connectivity index (χ2n) is 6.13. The number of hydrogen-bond acceptors (Lipinski definition) is 5. The van der Waals surface area contributed by atoms with Crippen molar-refractivity contribution in [2.45, 2.75) is 37.6 Å². The highest BCUT2D eigenvalue weighted by atomic mass is 16.5. The maximum Gasteiger partial charge on any atom is 0.249 e. The number of benzene rings is 1. The van der Waals surface area contributed by atoms with Gasteiger partial charge in [0.2, 0.25) is 11.8 Å². The van der Waals surface area contributed by atoms with E-state index in [0.717, 1.165) is 37.4 Å². The molecule has 1 unspecified atom stereocenters. The molecule has 2 aliphatic rings. The summed E-state index contributed by atoms with van der Waals surface area (Å²) in [6, 6.07) is 5.65. The van der Waals surface area contributed by atoms with Gasteiger partial charge >= 0.3 is 0 Å². The van der Waals surface area contributed by atoms with Crippen molar-refractivity contribution in [2.24, 2.45) is 0 Å². The van der Waals surface area contributed by atoms with E-state index in [0.29, 0.717) is 18.8 Å². The maximum atomic E-state index is 11.8. The zero-order chi connectivity index (χ0) is 16.2. The molecule has 0 radical (unpaired) electrons. The van der Waals surface area contributed by atoms with Gasteiger partial charge in [-0.2, -0.15) is 0 Å². The fourth-order valence-corrected chi connectivity index (χ4v) is 3.30. The summed E-state index contributed by atoms with van der Waals surface area (Å²) in [5.41, 5.74) is 2.07. The van der Waals surface area contributed by atoms with Crippen LogP contribution in [0.5, 0.6) is 5.75 Å². The van der Waals surface area contributed by atoms with Crippen molar-refractivity contribution in [3.05, 3.63) is 23.8 Å². The van der Waals surface area contributed by atoms with E-state index < -0.39 is 0 Å². The molecule has 0 saturated carbocycles. The Hall–Kier alpha value is -2.08. The molecule has 23 heavy (non-hydrogen) atoms. The molecule has 3 rings (SSSR count). The molecule has 0 spiro atoms. The molecule has 1 atom stereocenters. The summed E-state index contributed by atoms with van der Waals surface area (Å²) in [5.74, 6) is 0.902. The van der Waals surface area contributed by atoms with Crippen LogP contribution in [0.1, 0.15) is 37.2 Å². The van der Waals surface area contributed by atoms with Crippen molar-refractivity contribution in [3.8, 4) is 5.75 Å². The second kappa shape index (κ2) is 7.00. The van der Waals surface area contributed by atoms with Crippen LogP contribution in [-0.4, -0.2) is 38.1 Å². The Bertz CT molecular complexity index is 597. The number of hydrogen-bond donors (Lipinski definition) is 3. The Morgan fingerprint density at radius 3 is 2.65 bits per heavy atom. The Balaban J connectivity index is 1.73. The van der Waals surface area contributed by atoms with Gasteiger partial charge in [-0.3, -0.25) is 14.9 Å². The van der Waals surface area contributed by atoms with Crippen LogP contribution in [0.4, 0.5) is 5.69 Å². The monoisotopic (exact) mass is 317 g/mol. The largest absolute Gasteiger partial charge is 0.496 e. The summed E-state index contributed by atoms with van der Waals surface area (Å²) in [5, 5.41) is 8.93. The molecule has 6 heteroatoms. The van der Waals surface area contributed by atoms with E-state index in [9.17, 15) is 9.59 Å². The fourth-order valence-electron chi connectivity index (χ4n) is 3.30. The number of amides is 2. The first-order valence-electron chi connectivity index (χ1n) is 8.16. The van der Waals surface area contributed by atoms with Crippen LogP contribution in [0.25, 0.3) is 0 Å². The van der Waals surface area contributed by atoms with E-state index in [2.05, 4.69) is 22.0 Å². The molecular weight excluding hydrogens is 294 g/mol. The lowest BCUT2D eigenvalue weighted by Gasteiger charge is -2.26. The summed E-state index contributed by atoms with van der Waals surface area (Å²) >= 11 is 0. The van der Waals surface area contributed by atoms with Crippen LogP contribution < -0.4 is 20.7 Å². The number of ether oxygens (including phenoxy) is 1. The third-order valence-electron chi connectivity index (χ3n) is 4.59. The SMILES string of the molecule is COc1cc(NC2CCC(=O)NC2=O)ccc1C1CCNCC1. The van der Waals surface area contributed by atoms with Crippen molar-refractivity contribution in [2.75, 3.05) is 25.5 Å². The molecular formula is C17H23N3O3. The predicted molar refractivity (Wildman–Crippen MR) is 87.6 cm³/mol. The molecule has 6 nitrogen and oxygen atoms in total. The molecule has 2 amide bonds. The molecule has 0 aromatic heterocycles. The molecule has 1 aromatic rings. The van der Waals surface area contributed by atoms with Crippen LogP contribution in [-0.2, 0) is 9.59 Å². The fraction of sp³-hybridized carbons (Fsp3) is 0.529. The number of methoxy groups -OCH3 is 1. The van der Waals surface area contributed by atoms with Gasteiger partial charge in [0.1, 0.15) is 11.8 Å². The van der Waals surface area contributed by atoms with Gasteiger partial charge in [-0.05, 0) is 49.9 Å². The smallest absolute Gasteiger partial charge is 0.249 e.